The predicted molar refractivity (Wildman–Crippen MR) is 61.9 cm³/mol. The summed E-state index contributed by atoms with van der Waals surface area (Å²) in [6.07, 6.45) is 0. The molecule has 1 aromatic heterocycles. The van der Waals surface area contributed by atoms with Crippen LogP contribution >= 0.6 is 0 Å². The van der Waals surface area contributed by atoms with Crippen LogP contribution in [0.4, 0.5) is 0 Å². The lowest BCUT2D eigenvalue weighted by atomic mass is 10.1. The Balaban J connectivity index is 2.50. The lowest BCUT2D eigenvalue weighted by Gasteiger charge is -1.93. The second kappa shape index (κ2) is 3.43. The molecular formula is C12H8N2O4. The van der Waals surface area contributed by atoms with Gasteiger partial charge in [0.1, 0.15) is 5.69 Å². The standard InChI is InChI=1S/C12H8N2O4/c15-11(16)6-4-13-8-2-1-7-5(10(6)8)3-9(14-7)12(17)18/h1-3,14H,4H2,(H,15,16)(H,17,18). The van der Waals surface area contributed by atoms with Crippen LogP contribution < -0.4 is 10.6 Å². The van der Waals surface area contributed by atoms with Gasteiger partial charge in [-0.25, -0.2) is 9.59 Å². The molecule has 6 nitrogen and oxygen atoms in total. The fraction of sp³-hybridized carbons (Fsp3) is 0.0833. The predicted octanol–water partition coefficient (Wildman–Crippen LogP) is -0.265. The molecule has 0 spiro atoms. The Morgan fingerprint density at radius 1 is 1.22 bits per heavy atom. The van der Waals surface area contributed by atoms with Gasteiger partial charge in [0, 0.05) is 16.1 Å². The van der Waals surface area contributed by atoms with Crippen molar-refractivity contribution < 1.29 is 19.8 Å². The van der Waals surface area contributed by atoms with Crippen LogP contribution in [0.2, 0.25) is 0 Å². The van der Waals surface area contributed by atoms with Crippen molar-refractivity contribution in [3.8, 4) is 0 Å². The van der Waals surface area contributed by atoms with Crippen LogP contribution in [0.1, 0.15) is 10.5 Å². The van der Waals surface area contributed by atoms with Crippen LogP contribution in [0.25, 0.3) is 16.5 Å². The summed E-state index contributed by atoms with van der Waals surface area (Å²) in [6.45, 7) is 0.122. The van der Waals surface area contributed by atoms with E-state index in [0.717, 1.165) is 0 Å². The van der Waals surface area contributed by atoms with Gasteiger partial charge in [0.05, 0.1) is 17.5 Å². The third-order valence-electron chi connectivity index (χ3n) is 2.98. The second-order valence-electron chi connectivity index (χ2n) is 4.01. The SMILES string of the molecule is O=C(O)C1=c2c(ccc3[nH]c(C(=O)O)cc23)=NC1. The van der Waals surface area contributed by atoms with E-state index in [2.05, 4.69) is 9.98 Å². The number of nitrogens with zero attached hydrogens (tertiary/aromatic N) is 1. The lowest BCUT2D eigenvalue weighted by molar-refractivity contribution is -0.130. The normalized spacial score (nSPS) is 13.4. The molecule has 1 aliphatic heterocycles. The first-order valence-electron chi connectivity index (χ1n) is 5.24. The van der Waals surface area contributed by atoms with Crippen molar-refractivity contribution in [3.05, 3.63) is 34.5 Å². The Morgan fingerprint density at radius 2 is 2.00 bits per heavy atom. The minimum absolute atomic E-state index is 0.0371. The number of aromatic carboxylic acids is 1. The Bertz CT molecular complexity index is 816. The van der Waals surface area contributed by atoms with E-state index in [1.807, 2.05) is 0 Å². The number of aliphatic carboxylic acids is 1. The molecular weight excluding hydrogens is 236 g/mol. The Hall–Kier alpha value is -2.63. The van der Waals surface area contributed by atoms with Gasteiger partial charge in [0.25, 0.3) is 0 Å². The smallest absolute Gasteiger partial charge is 0.352 e. The van der Waals surface area contributed by atoms with Gasteiger partial charge >= 0.3 is 11.9 Å². The minimum atomic E-state index is -1.08. The maximum absolute atomic E-state index is 11.1. The van der Waals surface area contributed by atoms with Gasteiger partial charge in [-0.1, -0.05) is 0 Å². The highest BCUT2D eigenvalue weighted by atomic mass is 16.4. The number of benzene rings is 1. The zero-order chi connectivity index (χ0) is 12.9. The van der Waals surface area contributed by atoms with Gasteiger partial charge in [-0.2, -0.15) is 0 Å². The van der Waals surface area contributed by atoms with Crippen LogP contribution in [-0.2, 0) is 4.79 Å². The van der Waals surface area contributed by atoms with Gasteiger partial charge in [0.15, 0.2) is 0 Å². The zero-order valence-electron chi connectivity index (χ0n) is 9.10. The fourth-order valence-electron chi connectivity index (χ4n) is 2.17. The molecule has 0 atom stereocenters. The molecule has 1 aromatic carbocycles. The second-order valence-corrected chi connectivity index (χ2v) is 4.01. The Labute approximate surface area is 99.9 Å². The van der Waals surface area contributed by atoms with Gasteiger partial charge in [-0.15, -0.1) is 0 Å². The van der Waals surface area contributed by atoms with Gasteiger partial charge in [-0.05, 0) is 18.2 Å². The van der Waals surface area contributed by atoms with Crippen LogP contribution in [0, 0.1) is 0 Å². The molecule has 0 aliphatic carbocycles. The number of carboxylic acids is 2. The molecule has 0 saturated heterocycles. The van der Waals surface area contributed by atoms with Crippen molar-refractivity contribution in [1.29, 1.82) is 0 Å². The average Bonchev–Trinajstić information content (AvgIpc) is 2.91. The molecule has 6 heteroatoms. The van der Waals surface area contributed by atoms with Crippen molar-refractivity contribution in [2.24, 2.45) is 4.99 Å². The summed E-state index contributed by atoms with van der Waals surface area (Å²) in [4.78, 5) is 28.9. The van der Waals surface area contributed by atoms with E-state index in [-0.39, 0.29) is 17.8 Å². The number of aromatic nitrogens is 1. The zero-order valence-corrected chi connectivity index (χ0v) is 9.10. The summed E-state index contributed by atoms with van der Waals surface area (Å²) in [5, 5.41) is 19.7. The van der Waals surface area contributed by atoms with Gasteiger partial charge < -0.3 is 15.2 Å². The minimum Gasteiger partial charge on any atom is -0.478 e. The maximum Gasteiger partial charge on any atom is 0.352 e. The Morgan fingerprint density at radius 3 is 2.67 bits per heavy atom. The van der Waals surface area contributed by atoms with Crippen LogP contribution in [0.3, 0.4) is 0 Å². The first-order valence-corrected chi connectivity index (χ1v) is 5.24. The number of nitrogens with one attached hydrogen (secondary N) is 1. The highest BCUT2D eigenvalue weighted by molar-refractivity contribution is 6.11. The van der Waals surface area contributed by atoms with Crippen molar-refractivity contribution in [3.63, 3.8) is 0 Å². The van der Waals surface area contributed by atoms with Crippen molar-refractivity contribution in [2.45, 2.75) is 0 Å². The fourth-order valence-corrected chi connectivity index (χ4v) is 2.17. The third-order valence-corrected chi connectivity index (χ3v) is 2.98. The quantitative estimate of drug-likeness (QED) is 0.676. The monoisotopic (exact) mass is 244 g/mol. The summed E-state index contributed by atoms with van der Waals surface area (Å²) in [7, 11) is 0. The number of carbonyl (C=O) groups is 2. The highest BCUT2D eigenvalue weighted by Gasteiger charge is 2.17. The number of hydrogen-bond acceptors (Lipinski definition) is 3. The van der Waals surface area contributed by atoms with E-state index >= 15 is 0 Å². The summed E-state index contributed by atoms with van der Waals surface area (Å²) in [5.41, 5.74) is 0.837. The molecule has 0 saturated carbocycles. The topological polar surface area (TPSA) is 103 Å². The van der Waals surface area contributed by atoms with Gasteiger partial charge in [-0.3, -0.25) is 4.99 Å². The van der Waals surface area contributed by atoms with E-state index < -0.39 is 11.9 Å². The molecule has 3 N–H and O–H groups in total. The van der Waals surface area contributed by atoms with Gasteiger partial charge in [0.2, 0.25) is 0 Å². The van der Waals surface area contributed by atoms with Crippen molar-refractivity contribution in [1.82, 2.24) is 4.98 Å². The van der Waals surface area contributed by atoms with Crippen molar-refractivity contribution in [2.75, 3.05) is 6.54 Å². The van der Waals surface area contributed by atoms with Crippen LogP contribution in [0.5, 0.6) is 0 Å². The average molecular weight is 244 g/mol. The van der Waals surface area contributed by atoms with E-state index in [0.29, 0.717) is 21.5 Å². The highest BCUT2D eigenvalue weighted by Crippen LogP contribution is 2.12. The molecule has 90 valence electrons. The van der Waals surface area contributed by atoms with E-state index in [1.165, 1.54) is 6.07 Å². The van der Waals surface area contributed by atoms with E-state index in [9.17, 15) is 9.59 Å². The molecule has 2 aromatic rings. The largest absolute Gasteiger partial charge is 0.478 e. The molecule has 0 amide bonds. The van der Waals surface area contributed by atoms with Crippen molar-refractivity contribution >= 4 is 28.4 Å². The maximum atomic E-state index is 11.1. The summed E-state index contributed by atoms with van der Waals surface area (Å²) < 4.78 is 0. The van der Waals surface area contributed by atoms with Crippen LogP contribution in [0.15, 0.2) is 23.2 Å². The molecule has 2 heterocycles. The molecule has 3 rings (SSSR count). The third kappa shape index (κ3) is 1.32. The molecule has 0 unspecified atom stereocenters. The Kier molecular flexibility index (Phi) is 2.00. The summed E-state index contributed by atoms with van der Waals surface area (Å²) in [6, 6.07) is 4.84. The first-order chi connectivity index (χ1) is 8.58. The molecule has 18 heavy (non-hydrogen) atoms. The van der Waals surface area contributed by atoms with E-state index in [1.54, 1.807) is 12.1 Å². The number of hydrogen-bond donors (Lipinski definition) is 3. The molecule has 1 aliphatic rings. The number of rotatable bonds is 2. The lowest BCUT2D eigenvalue weighted by Crippen LogP contribution is -2.25. The summed E-state index contributed by atoms with van der Waals surface area (Å²) in [5.74, 6) is -2.10. The van der Waals surface area contributed by atoms with Crippen LogP contribution in [-0.4, -0.2) is 33.7 Å². The number of H-pyrrole nitrogens is 1. The first kappa shape index (κ1) is 10.5. The molecule has 0 fully saturated rings. The van der Waals surface area contributed by atoms with E-state index in [4.69, 9.17) is 10.2 Å². The number of carboxylic acid groups (broad SMARTS) is 2. The molecule has 0 bridgehead atoms. The number of fused-ring (bicyclic) bond motifs is 3. The summed E-state index contributed by atoms with van der Waals surface area (Å²) >= 11 is 0. The number of aromatic amines is 1. The molecule has 0 radical (unpaired) electrons.